The van der Waals surface area contributed by atoms with Crippen molar-refractivity contribution in [3.63, 3.8) is 0 Å². The number of fused-ring (bicyclic) bond motifs is 1. The molecule has 0 atom stereocenters. The van der Waals surface area contributed by atoms with E-state index in [4.69, 9.17) is 30.2 Å². The van der Waals surface area contributed by atoms with Crippen LogP contribution in [-0.4, -0.2) is 41.0 Å². The van der Waals surface area contributed by atoms with E-state index in [1.807, 2.05) is 6.07 Å². The van der Waals surface area contributed by atoms with Gasteiger partial charge in [0.15, 0.2) is 12.4 Å². The molecular formula is C26H22ClNO8S. The summed E-state index contributed by atoms with van der Waals surface area (Å²) < 4.78 is 49.6. The van der Waals surface area contributed by atoms with E-state index in [-0.39, 0.29) is 32.7 Å². The molecule has 4 aromatic rings. The molecule has 0 aliphatic heterocycles. The average Bonchev–Trinajstić information content (AvgIpc) is 3.32. The highest BCUT2D eigenvalue weighted by Crippen LogP contribution is 2.37. The van der Waals surface area contributed by atoms with Crippen molar-refractivity contribution in [1.29, 1.82) is 0 Å². The summed E-state index contributed by atoms with van der Waals surface area (Å²) in [7, 11) is -1.38. The Bertz CT molecular complexity index is 1580. The smallest absolute Gasteiger partial charge is 0.338 e. The van der Waals surface area contributed by atoms with Crippen molar-refractivity contribution in [2.75, 3.05) is 25.5 Å². The predicted molar refractivity (Wildman–Crippen MR) is 137 cm³/mol. The number of nitrogens with one attached hydrogen (secondary N) is 1. The Morgan fingerprint density at radius 1 is 0.973 bits per heavy atom. The van der Waals surface area contributed by atoms with Crippen LogP contribution in [0.1, 0.15) is 26.5 Å². The van der Waals surface area contributed by atoms with E-state index in [2.05, 4.69) is 4.72 Å². The second kappa shape index (κ2) is 10.5. The zero-order valence-electron chi connectivity index (χ0n) is 20.0. The maximum absolute atomic E-state index is 13.1. The van der Waals surface area contributed by atoms with E-state index in [1.165, 1.54) is 44.6 Å². The van der Waals surface area contributed by atoms with Crippen molar-refractivity contribution in [2.45, 2.75) is 11.8 Å². The summed E-state index contributed by atoms with van der Waals surface area (Å²) in [5.41, 5.74) is 1.06. The highest BCUT2D eigenvalue weighted by molar-refractivity contribution is 7.92. The number of hydrogen-bond donors (Lipinski definition) is 1. The number of sulfonamides is 1. The monoisotopic (exact) mass is 543 g/mol. The van der Waals surface area contributed by atoms with Gasteiger partial charge in [0.25, 0.3) is 10.0 Å². The number of aryl methyl sites for hydroxylation is 1. The van der Waals surface area contributed by atoms with Crippen LogP contribution in [-0.2, 0) is 14.8 Å². The Labute approximate surface area is 217 Å². The summed E-state index contributed by atoms with van der Waals surface area (Å²) in [5, 5.41) is 0.913. The maximum Gasteiger partial charge on any atom is 0.338 e. The fraction of sp³-hybridized carbons (Fsp3) is 0.154. The normalized spacial score (nSPS) is 11.2. The first-order chi connectivity index (χ1) is 17.6. The van der Waals surface area contributed by atoms with E-state index in [0.717, 1.165) is 5.39 Å². The zero-order chi connectivity index (χ0) is 26.7. The first-order valence-electron chi connectivity index (χ1n) is 10.9. The van der Waals surface area contributed by atoms with E-state index in [0.29, 0.717) is 16.9 Å². The fourth-order valence-electron chi connectivity index (χ4n) is 3.53. The molecule has 0 saturated heterocycles. The number of ether oxygens (including phenoxy) is 3. The standard InChI is InChI=1S/C26H22ClNO8S/c1-15-8-9-17(37(31,32)28-20-12-19(27)23(33-2)13-24(20)34-3)11-18(15)26(30)35-14-21(29)25-10-16-6-4-5-7-22(16)36-25/h4-13,28H,14H2,1-3H3. The van der Waals surface area contributed by atoms with Gasteiger partial charge in [-0.05, 0) is 42.8 Å². The molecule has 0 unspecified atom stereocenters. The molecule has 0 fully saturated rings. The SMILES string of the molecule is COc1cc(OC)c(NS(=O)(=O)c2ccc(C)c(C(=O)OCC(=O)c3cc4ccccc4o3)c2)cc1Cl. The van der Waals surface area contributed by atoms with Crippen LogP contribution in [0.25, 0.3) is 11.0 Å². The lowest BCUT2D eigenvalue weighted by molar-refractivity contribution is 0.0467. The van der Waals surface area contributed by atoms with Gasteiger partial charge in [0.05, 0.1) is 35.4 Å². The van der Waals surface area contributed by atoms with Crippen molar-refractivity contribution in [3.05, 3.63) is 82.6 Å². The molecule has 0 saturated carbocycles. The molecule has 0 aliphatic carbocycles. The summed E-state index contributed by atoms with van der Waals surface area (Å²) in [5.74, 6) is -0.849. The number of rotatable bonds is 9. The lowest BCUT2D eigenvalue weighted by Crippen LogP contribution is -2.17. The molecule has 3 aromatic carbocycles. The minimum Gasteiger partial charge on any atom is -0.495 e. The summed E-state index contributed by atoms with van der Waals surface area (Å²) in [6.07, 6.45) is 0. The largest absolute Gasteiger partial charge is 0.495 e. The van der Waals surface area contributed by atoms with Gasteiger partial charge in [-0.1, -0.05) is 35.9 Å². The molecule has 192 valence electrons. The van der Waals surface area contributed by atoms with Crippen molar-refractivity contribution >= 4 is 50.0 Å². The summed E-state index contributed by atoms with van der Waals surface area (Å²) in [6.45, 7) is 1.04. The number of benzene rings is 3. The van der Waals surface area contributed by atoms with Crippen molar-refractivity contribution < 1.29 is 36.6 Å². The van der Waals surface area contributed by atoms with Crippen molar-refractivity contribution in [3.8, 4) is 11.5 Å². The average molecular weight is 544 g/mol. The number of anilines is 1. The quantitative estimate of drug-likeness (QED) is 0.224. The predicted octanol–water partition coefficient (Wildman–Crippen LogP) is 5.25. The lowest BCUT2D eigenvalue weighted by atomic mass is 10.1. The van der Waals surface area contributed by atoms with Crippen LogP contribution in [0.2, 0.25) is 5.02 Å². The Morgan fingerprint density at radius 2 is 1.70 bits per heavy atom. The molecule has 9 nitrogen and oxygen atoms in total. The Hall–Kier alpha value is -4.02. The molecule has 0 spiro atoms. The van der Waals surface area contributed by atoms with Gasteiger partial charge < -0.3 is 18.6 Å². The van der Waals surface area contributed by atoms with E-state index in [9.17, 15) is 18.0 Å². The van der Waals surface area contributed by atoms with Gasteiger partial charge in [-0.3, -0.25) is 9.52 Å². The topological polar surface area (TPSA) is 121 Å². The summed E-state index contributed by atoms with van der Waals surface area (Å²) >= 11 is 6.14. The van der Waals surface area contributed by atoms with E-state index in [1.54, 1.807) is 31.2 Å². The van der Waals surface area contributed by atoms with Crippen LogP contribution in [0.4, 0.5) is 5.69 Å². The molecule has 1 N–H and O–H groups in total. The molecular weight excluding hydrogens is 522 g/mol. The fourth-order valence-corrected chi connectivity index (χ4v) is 4.86. The van der Waals surface area contributed by atoms with Gasteiger partial charge >= 0.3 is 5.97 Å². The molecule has 0 bridgehead atoms. The highest BCUT2D eigenvalue weighted by atomic mass is 35.5. The maximum atomic E-state index is 13.1. The van der Waals surface area contributed by atoms with Crippen LogP contribution >= 0.6 is 11.6 Å². The number of hydrogen-bond acceptors (Lipinski definition) is 8. The first kappa shape index (κ1) is 26.1. The minimum atomic E-state index is -4.16. The van der Waals surface area contributed by atoms with Gasteiger partial charge in [0.1, 0.15) is 17.1 Å². The van der Waals surface area contributed by atoms with E-state index < -0.39 is 28.4 Å². The van der Waals surface area contributed by atoms with Crippen LogP contribution in [0, 0.1) is 6.92 Å². The molecule has 0 radical (unpaired) electrons. The van der Waals surface area contributed by atoms with Crippen molar-refractivity contribution in [1.82, 2.24) is 0 Å². The van der Waals surface area contributed by atoms with Gasteiger partial charge in [-0.25, -0.2) is 13.2 Å². The molecule has 37 heavy (non-hydrogen) atoms. The number of para-hydroxylation sites is 1. The Kier molecular flexibility index (Phi) is 7.42. The first-order valence-corrected chi connectivity index (χ1v) is 12.7. The summed E-state index contributed by atoms with van der Waals surface area (Å²) in [4.78, 5) is 25.0. The van der Waals surface area contributed by atoms with Gasteiger partial charge in [-0.15, -0.1) is 0 Å². The van der Waals surface area contributed by atoms with Crippen molar-refractivity contribution in [2.24, 2.45) is 0 Å². The van der Waals surface area contributed by atoms with Crippen LogP contribution in [0.5, 0.6) is 11.5 Å². The number of halogens is 1. The number of methoxy groups -OCH3 is 2. The van der Waals surface area contributed by atoms with Gasteiger partial charge in [-0.2, -0.15) is 0 Å². The third-order valence-electron chi connectivity index (χ3n) is 5.49. The minimum absolute atomic E-state index is 0.0139. The molecule has 1 aromatic heterocycles. The van der Waals surface area contributed by atoms with Gasteiger partial charge in [0, 0.05) is 11.5 Å². The van der Waals surface area contributed by atoms with E-state index >= 15 is 0 Å². The third-order valence-corrected chi connectivity index (χ3v) is 7.15. The third kappa shape index (κ3) is 5.55. The van der Waals surface area contributed by atoms with Crippen LogP contribution < -0.4 is 14.2 Å². The molecule has 11 heteroatoms. The lowest BCUT2D eigenvalue weighted by Gasteiger charge is -2.15. The number of furan rings is 1. The Morgan fingerprint density at radius 3 is 2.41 bits per heavy atom. The highest BCUT2D eigenvalue weighted by Gasteiger charge is 2.22. The number of carbonyl (C=O) groups excluding carboxylic acids is 2. The van der Waals surface area contributed by atoms with Crippen LogP contribution in [0.15, 0.2) is 70.0 Å². The number of Topliss-reactive ketones (excluding diaryl/α,β-unsaturated/α-hetero) is 1. The molecule has 4 rings (SSSR count). The van der Waals surface area contributed by atoms with Crippen LogP contribution in [0.3, 0.4) is 0 Å². The second-order valence-electron chi connectivity index (χ2n) is 7.92. The van der Waals surface area contributed by atoms with Gasteiger partial charge in [0.2, 0.25) is 5.78 Å². The molecule has 0 aliphatic rings. The number of esters is 1. The second-order valence-corrected chi connectivity index (χ2v) is 10.0. The zero-order valence-corrected chi connectivity index (χ0v) is 21.6. The Balaban J connectivity index is 1.52. The molecule has 0 amide bonds. The molecule has 1 heterocycles. The number of carbonyl (C=O) groups is 2. The summed E-state index contributed by atoms with van der Waals surface area (Å²) in [6, 6.07) is 15.4. The number of ketones is 1.